The van der Waals surface area contributed by atoms with Crippen LogP contribution in [0.1, 0.15) is 17.7 Å². The van der Waals surface area contributed by atoms with Gasteiger partial charge in [-0.05, 0) is 37.4 Å². The molecule has 1 aliphatic heterocycles. The van der Waals surface area contributed by atoms with Crippen LogP contribution in [0.5, 0.6) is 5.75 Å². The molecule has 16 heavy (non-hydrogen) atoms. The topological polar surface area (TPSA) is 24.5 Å². The van der Waals surface area contributed by atoms with Crippen molar-refractivity contribution in [3.63, 3.8) is 0 Å². The van der Waals surface area contributed by atoms with Gasteiger partial charge in [-0.1, -0.05) is 0 Å². The molecule has 0 aromatic carbocycles. The largest absolute Gasteiger partial charge is 0.496 e. The van der Waals surface area contributed by atoms with Crippen LogP contribution in [0.2, 0.25) is 0 Å². The van der Waals surface area contributed by atoms with Gasteiger partial charge in [0.05, 0.1) is 12.0 Å². The summed E-state index contributed by atoms with van der Waals surface area (Å²) in [5, 5.41) is 5.56. The standard InChI is InChI=1S/C12H20N2OS/c1-15-11-4-9-16-12(11)10-13-5-8-14-6-2-3-7-14/h4,9,13H,2-3,5-8,10H2,1H3. The average molecular weight is 240 g/mol. The lowest BCUT2D eigenvalue weighted by atomic mass is 10.4. The van der Waals surface area contributed by atoms with Crippen molar-refractivity contribution in [3.8, 4) is 5.75 Å². The second kappa shape index (κ2) is 6.23. The predicted octanol–water partition coefficient (Wildman–Crippen LogP) is 1.94. The molecule has 1 aliphatic rings. The molecule has 0 bridgehead atoms. The smallest absolute Gasteiger partial charge is 0.134 e. The van der Waals surface area contributed by atoms with Gasteiger partial charge in [-0.15, -0.1) is 11.3 Å². The van der Waals surface area contributed by atoms with Crippen LogP contribution in [0.3, 0.4) is 0 Å². The van der Waals surface area contributed by atoms with Gasteiger partial charge in [0.1, 0.15) is 5.75 Å². The summed E-state index contributed by atoms with van der Waals surface area (Å²) in [5.74, 6) is 1.01. The van der Waals surface area contributed by atoms with Crippen molar-refractivity contribution in [2.24, 2.45) is 0 Å². The number of hydrogen-bond donors (Lipinski definition) is 1. The average Bonchev–Trinajstić information content (AvgIpc) is 2.95. The maximum absolute atomic E-state index is 5.28. The molecule has 1 N–H and O–H groups in total. The highest BCUT2D eigenvalue weighted by Crippen LogP contribution is 2.23. The zero-order chi connectivity index (χ0) is 11.2. The van der Waals surface area contributed by atoms with Gasteiger partial charge in [0.15, 0.2) is 0 Å². The summed E-state index contributed by atoms with van der Waals surface area (Å²) in [4.78, 5) is 3.82. The van der Waals surface area contributed by atoms with Gasteiger partial charge in [0, 0.05) is 19.6 Å². The third-order valence-corrected chi connectivity index (χ3v) is 3.92. The monoisotopic (exact) mass is 240 g/mol. The first kappa shape index (κ1) is 11.9. The Hall–Kier alpha value is -0.580. The Labute approximate surface area is 101 Å². The molecule has 0 radical (unpaired) electrons. The predicted molar refractivity (Wildman–Crippen MR) is 68.3 cm³/mol. The highest BCUT2D eigenvalue weighted by atomic mass is 32.1. The maximum Gasteiger partial charge on any atom is 0.134 e. The number of hydrogen-bond acceptors (Lipinski definition) is 4. The molecule has 4 heteroatoms. The number of nitrogens with zero attached hydrogens (tertiary/aromatic N) is 1. The number of likely N-dealkylation sites (tertiary alicyclic amines) is 1. The summed E-state index contributed by atoms with van der Waals surface area (Å²) in [5.41, 5.74) is 0. The summed E-state index contributed by atoms with van der Waals surface area (Å²) in [6, 6.07) is 2.03. The first-order valence-electron chi connectivity index (χ1n) is 5.93. The first-order chi connectivity index (χ1) is 7.90. The van der Waals surface area contributed by atoms with Crippen molar-refractivity contribution in [1.82, 2.24) is 10.2 Å². The number of ether oxygens (including phenoxy) is 1. The zero-order valence-corrected chi connectivity index (χ0v) is 10.7. The summed E-state index contributed by atoms with van der Waals surface area (Å²) in [7, 11) is 1.73. The fourth-order valence-electron chi connectivity index (χ4n) is 2.08. The van der Waals surface area contributed by atoms with Crippen molar-refractivity contribution < 1.29 is 4.74 Å². The van der Waals surface area contributed by atoms with Crippen LogP contribution < -0.4 is 10.1 Å². The first-order valence-corrected chi connectivity index (χ1v) is 6.81. The second-order valence-corrected chi connectivity index (χ2v) is 5.14. The Morgan fingerprint density at radius 3 is 3.00 bits per heavy atom. The number of thiophene rings is 1. The third kappa shape index (κ3) is 3.20. The molecule has 0 saturated carbocycles. The normalized spacial score (nSPS) is 16.8. The summed E-state index contributed by atoms with van der Waals surface area (Å²) < 4.78 is 5.28. The molecule has 3 nitrogen and oxygen atoms in total. The van der Waals surface area contributed by atoms with Gasteiger partial charge in [-0.3, -0.25) is 0 Å². The van der Waals surface area contributed by atoms with Crippen molar-refractivity contribution in [3.05, 3.63) is 16.3 Å². The SMILES string of the molecule is COc1ccsc1CNCCN1CCCC1. The molecule has 2 heterocycles. The molecule has 1 aromatic rings. The molecule has 1 aromatic heterocycles. The van der Waals surface area contributed by atoms with E-state index in [2.05, 4.69) is 15.6 Å². The third-order valence-electron chi connectivity index (χ3n) is 3.01. The summed E-state index contributed by atoms with van der Waals surface area (Å²) in [6.07, 6.45) is 2.75. The van der Waals surface area contributed by atoms with Gasteiger partial charge < -0.3 is 15.0 Å². The van der Waals surface area contributed by atoms with Crippen LogP contribution >= 0.6 is 11.3 Å². The van der Waals surface area contributed by atoms with E-state index in [-0.39, 0.29) is 0 Å². The van der Waals surface area contributed by atoms with Crippen LogP contribution in [0.15, 0.2) is 11.4 Å². The molecule has 2 rings (SSSR count). The van der Waals surface area contributed by atoms with Gasteiger partial charge in [-0.2, -0.15) is 0 Å². The minimum atomic E-state index is 0.925. The van der Waals surface area contributed by atoms with E-state index in [1.165, 1.54) is 37.4 Å². The Morgan fingerprint density at radius 1 is 1.44 bits per heavy atom. The van der Waals surface area contributed by atoms with Gasteiger partial charge >= 0.3 is 0 Å². The molecule has 0 spiro atoms. The Kier molecular flexibility index (Phi) is 4.63. The minimum Gasteiger partial charge on any atom is -0.496 e. The fourth-order valence-corrected chi connectivity index (χ4v) is 2.89. The van der Waals surface area contributed by atoms with E-state index in [1.807, 2.05) is 6.07 Å². The van der Waals surface area contributed by atoms with E-state index in [4.69, 9.17) is 4.74 Å². The highest BCUT2D eigenvalue weighted by molar-refractivity contribution is 7.10. The van der Waals surface area contributed by atoms with Crippen LogP contribution in [0.4, 0.5) is 0 Å². The van der Waals surface area contributed by atoms with Crippen LogP contribution in [0.25, 0.3) is 0 Å². The van der Waals surface area contributed by atoms with Gasteiger partial charge in [0.2, 0.25) is 0 Å². The zero-order valence-electron chi connectivity index (χ0n) is 9.87. The second-order valence-electron chi connectivity index (χ2n) is 4.14. The van der Waals surface area contributed by atoms with E-state index in [9.17, 15) is 0 Å². The minimum absolute atomic E-state index is 0.925. The number of methoxy groups -OCH3 is 1. The van der Waals surface area contributed by atoms with E-state index in [0.717, 1.165) is 18.8 Å². The molecule has 0 amide bonds. The van der Waals surface area contributed by atoms with E-state index in [0.29, 0.717) is 0 Å². The van der Waals surface area contributed by atoms with Crippen LogP contribution in [-0.4, -0.2) is 38.2 Å². The van der Waals surface area contributed by atoms with E-state index < -0.39 is 0 Å². The lowest BCUT2D eigenvalue weighted by Gasteiger charge is -2.14. The van der Waals surface area contributed by atoms with Crippen molar-refractivity contribution in [2.75, 3.05) is 33.3 Å². The van der Waals surface area contributed by atoms with Crippen molar-refractivity contribution >= 4 is 11.3 Å². The fraction of sp³-hybridized carbons (Fsp3) is 0.667. The lowest BCUT2D eigenvalue weighted by Crippen LogP contribution is -2.29. The van der Waals surface area contributed by atoms with E-state index in [1.54, 1.807) is 18.4 Å². The van der Waals surface area contributed by atoms with Crippen LogP contribution in [-0.2, 0) is 6.54 Å². The lowest BCUT2D eigenvalue weighted by molar-refractivity contribution is 0.335. The highest BCUT2D eigenvalue weighted by Gasteiger charge is 2.10. The van der Waals surface area contributed by atoms with Crippen LogP contribution in [0, 0.1) is 0 Å². The maximum atomic E-state index is 5.28. The Morgan fingerprint density at radius 2 is 2.25 bits per heavy atom. The molecule has 1 fully saturated rings. The number of rotatable bonds is 6. The number of nitrogens with one attached hydrogen (secondary N) is 1. The van der Waals surface area contributed by atoms with Gasteiger partial charge in [-0.25, -0.2) is 0 Å². The molecule has 90 valence electrons. The quantitative estimate of drug-likeness (QED) is 0.769. The summed E-state index contributed by atoms with van der Waals surface area (Å²) >= 11 is 1.76. The molecular weight excluding hydrogens is 220 g/mol. The molecule has 1 saturated heterocycles. The van der Waals surface area contributed by atoms with E-state index >= 15 is 0 Å². The summed E-state index contributed by atoms with van der Waals surface area (Å²) in [6.45, 7) is 5.73. The molecule has 0 unspecified atom stereocenters. The Balaban J connectivity index is 1.64. The van der Waals surface area contributed by atoms with Gasteiger partial charge in [0.25, 0.3) is 0 Å². The Bertz CT molecular complexity index is 308. The van der Waals surface area contributed by atoms with Crippen molar-refractivity contribution in [2.45, 2.75) is 19.4 Å². The van der Waals surface area contributed by atoms with Crippen molar-refractivity contribution in [1.29, 1.82) is 0 Å². The molecule has 0 atom stereocenters. The molecule has 0 aliphatic carbocycles. The molecular formula is C12H20N2OS.